The van der Waals surface area contributed by atoms with Crippen molar-refractivity contribution in [1.82, 2.24) is 0 Å². The zero-order valence-electron chi connectivity index (χ0n) is 10.5. The molecule has 0 spiro atoms. The maximum Gasteiger partial charge on any atom is 0.491 e. The highest BCUT2D eigenvalue weighted by Crippen LogP contribution is 2.20. The molecule has 1 N–H and O–H groups in total. The second kappa shape index (κ2) is 5.24. The quantitative estimate of drug-likeness (QED) is 0.646. The average molecular weight is 263 g/mol. The predicted octanol–water partition coefficient (Wildman–Crippen LogP) is 1.34. The molecule has 1 aromatic carbocycles. The highest BCUT2D eigenvalue weighted by atomic mass is 16.5. The monoisotopic (exact) mass is 263 g/mol. The van der Waals surface area contributed by atoms with E-state index in [1.54, 1.807) is 36.4 Å². The van der Waals surface area contributed by atoms with Crippen LogP contribution in [0.25, 0.3) is 0 Å². The highest BCUT2D eigenvalue weighted by molar-refractivity contribution is 6.61. The van der Waals surface area contributed by atoms with Gasteiger partial charge in [0.2, 0.25) is 0 Å². The lowest BCUT2D eigenvalue weighted by molar-refractivity contribution is 0.275. The molecule has 2 aliphatic rings. The van der Waals surface area contributed by atoms with E-state index in [1.807, 2.05) is 12.1 Å². The molecule has 0 radical (unpaired) electrons. The van der Waals surface area contributed by atoms with Crippen LogP contribution in [0.2, 0.25) is 0 Å². The summed E-state index contributed by atoms with van der Waals surface area (Å²) in [7, 11) is -0.846. The Morgan fingerprint density at radius 3 is 3.15 bits per heavy atom. The smallest absolute Gasteiger partial charge is 0.457 e. The minimum atomic E-state index is -0.846. The second-order valence-electron chi connectivity index (χ2n) is 4.36. The largest absolute Gasteiger partial charge is 0.491 e. The molecule has 96 valence electrons. The van der Waals surface area contributed by atoms with E-state index in [4.69, 9.17) is 14.7 Å². The molecule has 1 heterocycles. The first kappa shape index (κ1) is 12.5. The predicted molar refractivity (Wildman–Crippen MR) is 73.9 cm³/mol. The Morgan fingerprint density at radius 2 is 2.30 bits per heavy atom. The first-order valence-corrected chi connectivity index (χ1v) is 6.12. The molecule has 1 aromatic rings. The molecule has 0 atom stereocenters. The van der Waals surface area contributed by atoms with E-state index >= 15 is 0 Å². The van der Waals surface area contributed by atoms with Crippen molar-refractivity contribution in [2.45, 2.75) is 6.61 Å². The van der Waals surface area contributed by atoms with Crippen molar-refractivity contribution < 1.29 is 14.4 Å². The fraction of sp³-hybridized carbons (Fsp3) is 0.0667. The molecule has 1 aliphatic heterocycles. The third kappa shape index (κ3) is 2.44. The zero-order chi connectivity index (χ0) is 13.9. The molecular formula is C15H10BNO3. The molecule has 0 bridgehead atoms. The van der Waals surface area contributed by atoms with Gasteiger partial charge >= 0.3 is 7.12 Å². The van der Waals surface area contributed by atoms with Crippen LogP contribution < -0.4 is 10.2 Å². The molecule has 5 heteroatoms. The van der Waals surface area contributed by atoms with Crippen LogP contribution in [0.5, 0.6) is 5.75 Å². The van der Waals surface area contributed by atoms with Gasteiger partial charge in [-0.2, -0.15) is 5.26 Å². The fourth-order valence-electron chi connectivity index (χ4n) is 2.03. The van der Waals surface area contributed by atoms with Gasteiger partial charge in [0.05, 0.1) is 12.2 Å². The minimum absolute atomic E-state index is 0.378. The molecule has 3 rings (SSSR count). The summed E-state index contributed by atoms with van der Waals surface area (Å²) in [6.07, 6.45) is 6.75. The lowest BCUT2D eigenvalue weighted by Crippen LogP contribution is -2.27. The molecule has 4 nitrogen and oxygen atoms in total. The van der Waals surface area contributed by atoms with Gasteiger partial charge in [-0.15, -0.1) is 5.73 Å². The number of hydrogen-bond acceptors (Lipinski definition) is 4. The summed E-state index contributed by atoms with van der Waals surface area (Å²) in [5, 5.41) is 18.4. The van der Waals surface area contributed by atoms with E-state index in [9.17, 15) is 5.02 Å². The Hall–Kier alpha value is -2.51. The van der Waals surface area contributed by atoms with E-state index in [2.05, 4.69) is 5.73 Å². The lowest BCUT2D eigenvalue weighted by Gasteiger charge is -2.07. The van der Waals surface area contributed by atoms with Crippen molar-refractivity contribution in [2.75, 3.05) is 0 Å². The topological polar surface area (TPSA) is 62.5 Å². The van der Waals surface area contributed by atoms with Gasteiger partial charge in [-0.3, -0.25) is 0 Å². The molecule has 20 heavy (non-hydrogen) atoms. The first-order chi connectivity index (χ1) is 9.76. The number of allylic oxidation sites excluding steroid dienone is 4. The Balaban J connectivity index is 1.79. The van der Waals surface area contributed by atoms with Crippen LogP contribution in [0.4, 0.5) is 0 Å². The normalized spacial score (nSPS) is 16.1. The van der Waals surface area contributed by atoms with Gasteiger partial charge in [-0.25, -0.2) is 0 Å². The van der Waals surface area contributed by atoms with Crippen LogP contribution in [0.15, 0.2) is 59.6 Å². The van der Waals surface area contributed by atoms with Gasteiger partial charge < -0.3 is 14.4 Å². The summed E-state index contributed by atoms with van der Waals surface area (Å²) < 4.78 is 10.9. The summed E-state index contributed by atoms with van der Waals surface area (Å²) in [4.78, 5) is 0. The number of nitriles is 1. The third-order valence-electron chi connectivity index (χ3n) is 3.03. The summed E-state index contributed by atoms with van der Waals surface area (Å²) in [6.45, 7) is 0.378. The van der Waals surface area contributed by atoms with Crippen molar-refractivity contribution in [3.05, 3.63) is 65.1 Å². The lowest BCUT2D eigenvalue weighted by atomic mass is 9.80. The number of benzene rings is 1. The van der Waals surface area contributed by atoms with Crippen LogP contribution in [0.1, 0.15) is 5.56 Å². The van der Waals surface area contributed by atoms with E-state index in [0.717, 1.165) is 11.0 Å². The van der Waals surface area contributed by atoms with Crippen LogP contribution in [-0.4, -0.2) is 12.1 Å². The number of rotatable bonds is 2. The molecule has 0 unspecified atom stereocenters. The van der Waals surface area contributed by atoms with Gasteiger partial charge in [0.25, 0.3) is 0 Å². The number of ether oxygens (including phenoxy) is 1. The molecule has 0 saturated heterocycles. The highest BCUT2D eigenvalue weighted by Gasteiger charge is 2.27. The first-order valence-electron chi connectivity index (χ1n) is 6.12. The Kier molecular flexibility index (Phi) is 3.28. The van der Waals surface area contributed by atoms with Crippen molar-refractivity contribution in [2.24, 2.45) is 0 Å². The van der Waals surface area contributed by atoms with Gasteiger partial charge in [0, 0.05) is 0 Å². The SMILES string of the molecule is N#CC1=C=CC=C(Oc2ccc3c(c2)COB3O)C=C1. The maximum absolute atomic E-state index is 9.55. The van der Waals surface area contributed by atoms with Crippen molar-refractivity contribution in [3.8, 4) is 11.8 Å². The summed E-state index contributed by atoms with van der Waals surface area (Å²) in [5.41, 5.74) is 4.97. The van der Waals surface area contributed by atoms with Crippen LogP contribution >= 0.6 is 0 Å². The van der Waals surface area contributed by atoms with Crippen LogP contribution in [0.3, 0.4) is 0 Å². The standard InChI is InChI=1S/C15H10BNO3/c17-9-11-2-1-3-13(5-4-11)20-14-6-7-15-12(8-14)10-19-16(15)18/h1,3-8,18H,10H2. The second-order valence-corrected chi connectivity index (χ2v) is 4.36. The summed E-state index contributed by atoms with van der Waals surface area (Å²) in [5.74, 6) is 1.27. The van der Waals surface area contributed by atoms with E-state index in [-0.39, 0.29) is 0 Å². The van der Waals surface area contributed by atoms with Gasteiger partial charge in [-0.1, -0.05) is 6.07 Å². The summed E-state index contributed by atoms with van der Waals surface area (Å²) >= 11 is 0. The summed E-state index contributed by atoms with van der Waals surface area (Å²) in [6, 6.07) is 7.43. The van der Waals surface area contributed by atoms with E-state index in [0.29, 0.717) is 23.7 Å². The fourth-order valence-corrected chi connectivity index (χ4v) is 2.03. The number of hydrogen-bond donors (Lipinski definition) is 1. The van der Waals surface area contributed by atoms with Crippen LogP contribution in [-0.2, 0) is 11.3 Å². The molecule has 0 fully saturated rings. The Labute approximate surface area is 116 Å². The van der Waals surface area contributed by atoms with E-state index < -0.39 is 7.12 Å². The Bertz CT molecular complexity index is 721. The van der Waals surface area contributed by atoms with Gasteiger partial charge in [0.1, 0.15) is 17.6 Å². The third-order valence-corrected chi connectivity index (χ3v) is 3.03. The van der Waals surface area contributed by atoms with Crippen molar-refractivity contribution in [1.29, 1.82) is 5.26 Å². The number of nitrogens with zero attached hydrogens (tertiary/aromatic N) is 1. The average Bonchev–Trinajstić information content (AvgIpc) is 2.69. The molecule has 0 amide bonds. The minimum Gasteiger partial charge on any atom is -0.457 e. The number of fused-ring (bicyclic) bond motifs is 1. The van der Waals surface area contributed by atoms with E-state index in [1.165, 1.54) is 0 Å². The van der Waals surface area contributed by atoms with Gasteiger partial charge in [0.15, 0.2) is 0 Å². The molecule has 0 saturated carbocycles. The molecular weight excluding hydrogens is 253 g/mol. The molecule has 1 aliphatic carbocycles. The zero-order valence-corrected chi connectivity index (χ0v) is 10.5. The van der Waals surface area contributed by atoms with Crippen molar-refractivity contribution >= 4 is 12.6 Å². The Morgan fingerprint density at radius 1 is 1.40 bits per heavy atom. The van der Waals surface area contributed by atoms with Crippen molar-refractivity contribution in [3.63, 3.8) is 0 Å². The van der Waals surface area contributed by atoms with Gasteiger partial charge in [-0.05, 0) is 47.5 Å². The van der Waals surface area contributed by atoms with Crippen LogP contribution in [0, 0.1) is 11.3 Å². The maximum atomic E-state index is 9.55. The molecule has 0 aromatic heterocycles.